The van der Waals surface area contributed by atoms with E-state index in [4.69, 9.17) is 16.0 Å². The minimum Gasteiger partial charge on any atom is -0.451 e. The maximum Gasteiger partial charge on any atom is 0.307 e. The molecule has 2 aromatic heterocycles. The van der Waals surface area contributed by atoms with E-state index >= 15 is 0 Å². The second-order valence-electron chi connectivity index (χ2n) is 7.65. The molecule has 0 aliphatic carbocycles. The van der Waals surface area contributed by atoms with Crippen molar-refractivity contribution in [1.29, 1.82) is 0 Å². The zero-order chi connectivity index (χ0) is 22.2. The van der Waals surface area contributed by atoms with E-state index in [9.17, 15) is 4.79 Å². The Morgan fingerprint density at radius 1 is 1.00 bits per heavy atom. The van der Waals surface area contributed by atoms with E-state index in [0.717, 1.165) is 28.0 Å². The molecule has 0 bridgehead atoms. The Morgan fingerprint density at radius 3 is 2.69 bits per heavy atom. The molecule has 158 valence electrons. The molecule has 0 fully saturated rings. The van der Waals surface area contributed by atoms with Crippen LogP contribution in [0.25, 0.3) is 27.4 Å². The van der Waals surface area contributed by atoms with Gasteiger partial charge in [0, 0.05) is 32.7 Å². The minimum absolute atomic E-state index is 0.181. The zero-order valence-corrected chi connectivity index (χ0v) is 18.4. The monoisotopic (exact) mass is 441 g/mol. The van der Waals surface area contributed by atoms with Crippen LogP contribution in [0.1, 0.15) is 27.5 Å². The molecule has 0 aliphatic heterocycles. The van der Waals surface area contributed by atoms with Gasteiger partial charge in [0.05, 0.1) is 11.9 Å². The van der Waals surface area contributed by atoms with Gasteiger partial charge in [0.25, 0.3) is 0 Å². The smallest absolute Gasteiger partial charge is 0.307 e. The first kappa shape index (κ1) is 20.1. The molecule has 0 radical (unpaired) electrons. The van der Waals surface area contributed by atoms with Crippen molar-refractivity contribution in [2.24, 2.45) is 5.10 Å². The van der Waals surface area contributed by atoms with Crippen LogP contribution in [0.15, 0.2) is 82.3 Å². The van der Waals surface area contributed by atoms with Crippen molar-refractivity contribution in [3.05, 3.63) is 101 Å². The summed E-state index contributed by atoms with van der Waals surface area (Å²) < 4.78 is 7.79. The predicted molar refractivity (Wildman–Crippen MR) is 129 cm³/mol. The molecule has 6 heteroatoms. The van der Waals surface area contributed by atoms with Crippen LogP contribution >= 0.6 is 11.6 Å². The number of hydrazone groups is 1. The van der Waals surface area contributed by atoms with Gasteiger partial charge in [-0.15, -0.1) is 0 Å². The van der Waals surface area contributed by atoms with Gasteiger partial charge in [0.1, 0.15) is 5.58 Å². The fourth-order valence-corrected chi connectivity index (χ4v) is 4.21. The first-order valence-corrected chi connectivity index (χ1v) is 10.6. The average Bonchev–Trinajstić information content (AvgIpc) is 3.33. The van der Waals surface area contributed by atoms with E-state index in [0.29, 0.717) is 10.6 Å². The number of furan rings is 1. The summed E-state index contributed by atoms with van der Waals surface area (Å²) in [5.41, 5.74) is 7.30. The van der Waals surface area contributed by atoms with Gasteiger partial charge in [-0.3, -0.25) is 4.79 Å². The van der Waals surface area contributed by atoms with Crippen molar-refractivity contribution in [1.82, 2.24) is 9.99 Å². The Kier molecular flexibility index (Phi) is 5.04. The number of nitrogens with one attached hydrogen (secondary N) is 1. The van der Waals surface area contributed by atoms with Crippen LogP contribution in [-0.2, 0) is 0 Å². The number of aryl methyl sites for hydroxylation is 1. The Bertz CT molecular complexity index is 1510. The fourth-order valence-electron chi connectivity index (χ4n) is 4.03. The van der Waals surface area contributed by atoms with E-state index in [-0.39, 0.29) is 5.76 Å². The number of fused-ring (bicyclic) bond motifs is 2. The number of aromatic nitrogens is 1. The van der Waals surface area contributed by atoms with Crippen LogP contribution in [0.4, 0.5) is 0 Å². The van der Waals surface area contributed by atoms with Crippen LogP contribution < -0.4 is 5.43 Å². The molecular weight excluding hydrogens is 422 g/mol. The number of carbonyl (C=O) groups is 1. The average molecular weight is 442 g/mol. The Labute approximate surface area is 189 Å². The van der Waals surface area contributed by atoms with Gasteiger partial charge in [0.15, 0.2) is 5.76 Å². The summed E-state index contributed by atoms with van der Waals surface area (Å²) in [5.74, 6) is -0.239. The quantitative estimate of drug-likeness (QED) is 0.259. The van der Waals surface area contributed by atoms with Crippen molar-refractivity contribution < 1.29 is 9.21 Å². The van der Waals surface area contributed by atoms with Crippen LogP contribution in [0.3, 0.4) is 0 Å². The van der Waals surface area contributed by atoms with Gasteiger partial charge in [-0.1, -0.05) is 48.0 Å². The third kappa shape index (κ3) is 3.57. The topological polar surface area (TPSA) is 59.5 Å². The molecule has 3 aromatic carbocycles. The van der Waals surface area contributed by atoms with Gasteiger partial charge in [-0.25, -0.2) is 5.43 Å². The lowest BCUT2D eigenvalue weighted by Gasteiger charge is -2.12. The van der Waals surface area contributed by atoms with Crippen LogP contribution in [-0.4, -0.2) is 16.7 Å². The number of carbonyl (C=O) groups excluding carboxylic acids is 1. The lowest BCUT2D eigenvalue weighted by molar-refractivity contribution is 0.0929. The van der Waals surface area contributed by atoms with Gasteiger partial charge >= 0.3 is 5.91 Å². The Hall–Kier alpha value is -3.83. The van der Waals surface area contributed by atoms with Gasteiger partial charge in [-0.05, 0) is 55.6 Å². The van der Waals surface area contributed by atoms with E-state index < -0.39 is 5.91 Å². The summed E-state index contributed by atoms with van der Waals surface area (Å²) in [6.45, 7) is 4.10. The van der Waals surface area contributed by atoms with Crippen molar-refractivity contribution in [3.8, 4) is 5.69 Å². The van der Waals surface area contributed by atoms with E-state index in [1.54, 1.807) is 30.5 Å². The lowest BCUT2D eigenvalue weighted by atomic mass is 10.1. The molecule has 32 heavy (non-hydrogen) atoms. The molecule has 5 aromatic rings. The summed E-state index contributed by atoms with van der Waals surface area (Å²) in [5, 5.41) is 7.88. The highest BCUT2D eigenvalue weighted by Crippen LogP contribution is 2.27. The SMILES string of the molecule is Cc1cc(/C=N/NC(=O)c2cc3cc(Cl)ccc3o2)c(C)n1-c1cccc2ccccc12. The number of benzene rings is 3. The molecule has 0 aliphatic rings. The molecule has 0 saturated heterocycles. The predicted octanol–water partition coefficient (Wildman–Crippen LogP) is 6.41. The number of hydrogen-bond acceptors (Lipinski definition) is 3. The molecule has 0 spiro atoms. The molecule has 5 rings (SSSR count). The second kappa shape index (κ2) is 8.02. The highest BCUT2D eigenvalue weighted by Gasteiger charge is 2.14. The first-order chi connectivity index (χ1) is 15.5. The van der Waals surface area contributed by atoms with Gasteiger partial charge < -0.3 is 8.98 Å². The molecule has 1 N–H and O–H groups in total. The molecule has 0 saturated carbocycles. The number of nitrogens with zero attached hydrogens (tertiary/aromatic N) is 2. The third-order valence-corrected chi connectivity index (χ3v) is 5.78. The number of hydrogen-bond donors (Lipinski definition) is 1. The summed E-state index contributed by atoms with van der Waals surface area (Å²) in [4.78, 5) is 12.5. The number of rotatable bonds is 4. The summed E-state index contributed by atoms with van der Waals surface area (Å²) in [6, 6.07) is 23.5. The van der Waals surface area contributed by atoms with Crippen molar-refractivity contribution in [3.63, 3.8) is 0 Å². The largest absolute Gasteiger partial charge is 0.451 e. The Balaban J connectivity index is 1.40. The summed E-state index contributed by atoms with van der Waals surface area (Å²) in [6.07, 6.45) is 1.65. The van der Waals surface area contributed by atoms with Crippen molar-refractivity contribution >= 4 is 45.5 Å². The fraction of sp³-hybridized carbons (Fsp3) is 0.0769. The normalized spacial score (nSPS) is 11.6. The molecule has 2 heterocycles. The van der Waals surface area contributed by atoms with Crippen molar-refractivity contribution in [2.75, 3.05) is 0 Å². The lowest BCUT2D eigenvalue weighted by Crippen LogP contribution is -2.16. The number of halogens is 1. The van der Waals surface area contributed by atoms with Gasteiger partial charge in [-0.2, -0.15) is 5.10 Å². The van der Waals surface area contributed by atoms with Crippen LogP contribution in [0.5, 0.6) is 0 Å². The summed E-state index contributed by atoms with van der Waals surface area (Å²) in [7, 11) is 0. The minimum atomic E-state index is -0.420. The van der Waals surface area contributed by atoms with Crippen LogP contribution in [0.2, 0.25) is 5.02 Å². The molecule has 5 nitrogen and oxygen atoms in total. The standard InChI is InChI=1S/C26H20ClN3O2/c1-16-12-20(17(2)30(16)23-9-5-7-18-6-3-4-8-22(18)23)15-28-29-26(31)25-14-19-13-21(27)10-11-24(19)32-25/h3-15H,1-2H3,(H,29,31)/b28-15+. The van der Waals surface area contributed by atoms with Crippen molar-refractivity contribution in [2.45, 2.75) is 13.8 Å². The molecule has 0 atom stereocenters. The first-order valence-electron chi connectivity index (χ1n) is 10.2. The Morgan fingerprint density at radius 2 is 1.81 bits per heavy atom. The highest BCUT2D eigenvalue weighted by atomic mass is 35.5. The second-order valence-corrected chi connectivity index (χ2v) is 8.09. The maximum absolute atomic E-state index is 12.5. The number of amides is 1. The van der Waals surface area contributed by atoms with Crippen LogP contribution in [0, 0.1) is 13.8 Å². The molecule has 1 amide bonds. The third-order valence-electron chi connectivity index (χ3n) is 5.55. The van der Waals surface area contributed by atoms with E-state index in [1.807, 2.05) is 19.1 Å². The van der Waals surface area contributed by atoms with E-state index in [2.05, 4.69) is 58.4 Å². The maximum atomic E-state index is 12.5. The van der Waals surface area contributed by atoms with Gasteiger partial charge in [0.2, 0.25) is 0 Å². The van der Waals surface area contributed by atoms with E-state index in [1.165, 1.54) is 10.8 Å². The highest BCUT2D eigenvalue weighted by molar-refractivity contribution is 6.31. The zero-order valence-electron chi connectivity index (χ0n) is 17.6. The molecular formula is C26H20ClN3O2. The summed E-state index contributed by atoms with van der Waals surface area (Å²) >= 11 is 6.00. The molecule has 0 unspecified atom stereocenters.